The zero-order chi connectivity index (χ0) is 28.4. The number of nitrogens with one attached hydrogen (secondary N) is 1. The predicted molar refractivity (Wildman–Crippen MR) is 153 cm³/mol. The predicted octanol–water partition coefficient (Wildman–Crippen LogP) is 6.27. The summed E-state index contributed by atoms with van der Waals surface area (Å²) in [6.07, 6.45) is 6.50. The Balaban J connectivity index is 1.91. The minimum absolute atomic E-state index is 0.207. The third kappa shape index (κ3) is 7.53. The van der Waals surface area contributed by atoms with Crippen LogP contribution in [0.4, 0.5) is 10.5 Å². The fourth-order valence-corrected chi connectivity index (χ4v) is 4.53. The van der Waals surface area contributed by atoms with Gasteiger partial charge in [-0.2, -0.15) is 0 Å². The van der Waals surface area contributed by atoms with Gasteiger partial charge < -0.3 is 18.9 Å². The second kappa shape index (κ2) is 14.6. The fourth-order valence-electron chi connectivity index (χ4n) is 3.96. The Morgan fingerprint density at radius 3 is 2.36 bits per heavy atom. The van der Waals surface area contributed by atoms with Gasteiger partial charge in [-0.3, -0.25) is 14.9 Å². The molecule has 0 aliphatic carbocycles. The van der Waals surface area contributed by atoms with E-state index in [1.807, 2.05) is 13.8 Å². The lowest BCUT2D eigenvalue weighted by Crippen LogP contribution is -2.54. The Labute approximate surface area is 237 Å². The number of barbiturate groups is 1. The molecule has 0 radical (unpaired) electrons. The number of nitrogens with zero attached hydrogens (tertiary/aromatic N) is 1. The standard InChI is InChI=1S/C29H35BrN2O7/c1-5-8-9-10-14-39-26-22(30)16-19(17-25(26)36-4)15-21-27(33)31-29(35)32(28(21)34)20-11-12-23(38-13-6-2)24(18-20)37-7-3/h11-12,15-18H,5-10,13-14H2,1-4H3,(H,31,33,35)/b21-15+. The molecule has 0 bridgehead atoms. The molecule has 3 rings (SSSR count). The first-order chi connectivity index (χ1) is 18.8. The average Bonchev–Trinajstić information content (AvgIpc) is 2.91. The Morgan fingerprint density at radius 2 is 1.67 bits per heavy atom. The van der Waals surface area contributed by atoms with Gasteiger partial charge in [0.25, 0.3) is 11.8 Å². The van der Waals surface area contributed by atoms with E-state index in [0.29, 0.717) is 52.9 Å². The maximum absolute atomic E-state index is 13.4. The van der Waals surface area contributed by atoms with Gasteiger partial charge in [0, 0.05) is 6.07 Å². The van der Waals surface area contributed by atoms with E-state index in [-0.39, 0.29) is 11.3 Å². The highest BCUT2D eigenvalue weighted by atomic mass is 79.9. The average molecular weight is 604 g/mol. The number of ether oxygens (including phenoxy) is 4. The van der Waals surface area contributed by atoms with Gasteiger partial charge in [0.1, 0.15) is 5.57 Å². The van der Waals surface area contributed by atoms with E-state index in [1.54, 1.807) is 30.3 Å². The molecule has 2 aromatic carbocycles. The van der Waals surface area contributed by atoms with Crippen LogP contribution < -0.4 is 29.2 Å². The Bertz CT molecular complexity index is 1230. The number of unbranched alkanes of at least 4 members (excludes halogenated alkanes) is 3. The van der Waals surface area contributed by atoms with Crippen molar-refractivity contribution in [1.29, 1.82) is 0 Å². The lowest BCUT2D eigenvalue weighted by atomic mass is 10.1. The zero-order valence-corrected chi connectivity index (χ0v) is 24.4. The molecule has 0 saturated carbocycles. The van der Waals surface area contributed by atoms with Crippen molar-refractivity contribution < 1.29 is 33.3 Å². The molecule has 1 heterocycles. The second-order valence-corrected chi connectivity index (χ2v) is 9.67. The van der Waals surface area contributed by atoms with Gasteiger partial charge in [-0.25, -0.2) is 9.69 Å². The van der Waals surface area contributed by atoms with Crippen molar-refractivity contribution in [1.82, 2.24) is 5.32 Å². The molecule has 39 heavy (non-hydrogen) atoms. The number of hydrogen-bond acceptors (Lipinski definition) is 7. The molecule has 1 N–H and O–H groups in total. The van der Waals surface area contributed by atoms with Gasteiger partial charge >= 0.3 is 6.03 Å². The normalized spacial score (nSPS) is 14.4. The molecule has 1 aliphatic rings. The summed E-state index contributed by atoms with van der Waals surface area (Å²) < 4.78 is 23.4. The van der Waals surface area contributed by atoms with Crippen LogP contribution in [0.5, 0.6) is 23.0 Å². The number of amides is 4. The number of anilines is 1. The molecule has 9 nitrogen and oxygen atoms in total. The third-order valence-corrected chi connectivity index (χ3v) is 6.44. The molecular weight excluding hydrogens is 568 g/mol. The van der Waals surface area contributed by atoms with Crippen LogP contribution in [0.25, 0.3) is 6.08 Å². The maximum atomic E-state index is 13.4. The van der Waals surface area contributed by atoms with Crippen LogP contribution in [0.2, 0.25) is 0 Å². The number of rotatable bonds is 14. The van der Waals surface area contributed by atoms with Crippen LogP contribution in [0.15, 0.2) is 40.4 Å². The molecule has 0 aromatic heterocycles. The monoisotopic (exact) mass is 602 g/mol. The maximum Gasteiger partial charge on any atom is 0.335 e. The third-order valence-electron chi connectivity index (χ3n) is 5.86. The van der Waals surface area contributed by atoms with E-state index >= 15 is 0 Å². The number of imide groups is 2. The van der Waals surface area contributed by atoms with E-state index < -0.39 is 17.8 Å². The van der Waals surface area contributed by atoms with E-state index in [9.17, 15) is 14.4 Å². The number of carbonyl (C=O) groups is 3. The topological polar surface area (TPSA) is 103 Å². The van der Waals surface area contributed by atoms with Crippen molar-refractivity contribution in [2.75, 3.05) is 31.8 Å². The molecule has 1 saturated heterocycles. The Hall–Kier alpha value is -3.53. The molecule has 1 aliphatic heterocycles. The number of urea groups is 1. The molecule has 2 aromatic rings. The number of methoxy groups -OCH3 is 1. The highest BCUT2D eigenvalue weighted by molar-refractivity contribution is 9.10. The van der Waals surface area contributed by atoms with Crippen molar-refractivity contribution in [3.63, 3.8) is 0 Å². The summed E-state index contributed by atoms with van der Waals surface area (Å²) in [6, 6.07) is 7.31. The van der Waals surface area contributed by atoms with Gasteiger partial charge in [0.2, 0.25) is 0 Å². The molecule has 210 valence electrons. The molecule has 0 atom stereocenters. The minimum Gasteiger partial charge on any atom is -0.493 e. The summed E-state index contributed by atoms with van der Waals surface area (Å²) in [7, 11) is 1.52. The quantitative estimate of drug-likeness (QED) is 0.154. The first-order valence-corrected chi connectivity index (χ1v) is 13.9. The number of halogens is 1. The highest BCUT2D eigenvalue weighted by Gasteiger charge is 2.37. The molecule has 1 fully saturated rings. The van der Waals surface area contributed by atoms with Crippen LogP contribution in [-0.2, 0) is 9.59 Å². The van der Waals surface area contributed by atoms with Crippen LogP contribution in [-0.4, -0.2) is 44.8 Å². The summed E-state index contributed by atoms with van der Waals surface area (Å²) in [5, 5.41) is 2.25. The zero-order valence-electron chi connectivity index (χ0n) is 22.8. The van der Waals surface area contributed by atoms with Crippen LogP contribution in [0, 0.1) is 0 Å². The van der Waals surface area contributed by atoms with Crippen molar-refractivity contribution in [3.8, 4) is 23.0 Å². The first kappa shape index (κ1) is 30.0. The van der Waals surface area contributed by atoms with Crippen LogP contribution >= 0.6 is 15.9 Å². The van der Waals surface area contributed by atoms with E-state index in [2.05, 4.69) is 28.2 Å². The minimum atomic E-state index is -0.850. The van der Waals surface area contributed by atoms with Gasteiger partial charge in [0.15, 0.2) is 23.0 Å². The molecule has 0 spiro atoms. The van der Waals surface area contributed by atoms with Crippen LogP contribution in [0.3, 0.4) is 0 Å². The molecule has 10 heteroatoms. The van der Waals surface area contributed by atoms with Crippen molar-refractivity contribution in [2.24, 2.45) is 0 Å². The van der Waals surface area contributed by atoms with Gasteiger partial charge in [-0.1, -0.05) is 33.1 Å². The second-order valence-electron chi connectivity index (χ2n) is 8.81. The van der Waals surface area contributed by atoms with Gasteiger partial charge in [-0.15, -0.1) is 0 Å². The van der Waals surface area contributed by atoms with E-state index in [1.165, 1.54) is 13.2 Å². The van der Waals surface area contributed by atoms with Gasteiger partial charge in [0.05, 0.1) is 37.1 Å². The fraction of sp³-hybridized carbons (Fsp3) is 0.414. The SMILES string of the molecule is CCCCCCOc1c(Br)cc(/C=C2\C(=O)NC(=O)N(c3ccc(OCCC)c(OCC)c3)C2=O)cc1OC. The molecule has 4 amide bonds. The number of carbonyl (C=O) groups excluding carboxylic acids is 3. The summed E-state index contributed by atoms with van der Waals surface area (Å²) in [6.45, 7) is 7.36. The highest BCUT2D eigenvalue weighted by Crippen LogP contribution is 2.38. The number of hydrogen-bond donors (Lipinski definition) is 1. The molecular formula is C29H35BrN2O7. The van der Waals surface area contributed by atoms with Gasteiger partial charge in [-0.05, 0) is 71.6 Å². The van der Waals surface area contributed by atoms with Crippen LogP contribution in [0.1, 0.15) is 58.4 Å². The summed E-state index contributed by atoms with van der Waals surface area (Å²) >= 11 is 3.51. The summed E-state index contributed by atoms with van der Waals surface area (Å²) in [4.78, 5) is 39.8. The number of benzene rings is 2. The largest absolute Gasteiger partial charge is 0.493 e. The van der Waals surface area contributed by atoms with E-state index in [0.717, 1.165) is 37.0 Å². The Kier molecular flexibility index (Phi) is 11.2. The molecule has 0 unspecified atom stereocenters. The lowest BCUT2D eigenvalue weighted by molar-refractivity contribution is -0.122. The summed E-state index contributed by atoms with van der Waals surface area (Å²) in [5.41, 5.74) is 0.554. The van der Waals surface area contributed by atoms with Crippen molar-refractivity contribution >= 4 is 45.5 Å². The Morgan fingerprint density at radius 1 is 0.872 bits per heavy atom. The summed E-state index contributed by atoms with van der Waals surface area (Å²) in [5.74, 6) is 0.336. The van der Waals surface area contributed by atoms with Crippen molar-refractivity contribution in [2.45, 2.75) is 52.9 Å². The van der Waals surface area contributed by atoms with E-state index in [4.69, 9.17) is 18.9 Å². The lowest BCUT2D eigenvalue weighted by Gasteiger charge is -2.27. The van der Waals surface area contributed by atoms with Crippen molar-refractivity contribution in [3.05, 3.63) is 45.9 Å². The first-order valence-electron chi connectivity index (χ1n) is 13.2. The smallest absolute Gasteiger partial charge is 0.335 e.